The summed E-state index contributed by atoms with van der Waals surface area (Å²) < 4.78 is 18.2. The van der Waals surface area contributed by atoms with Gasteiger partial charge >= 0.3 is 8.03 Å². The molecule has 0 saturated heterocycles. The second-order valence-electron chi connectivity index (χ2n) is 6.06. The minimum atomic E-state index is -1.72. The van der Waals surface area contributed by atoms with Gasteiger partial charge in [-0.2, -0.15) is 0 Å². The van der Waals surface area contributed by atoms with Gasteiger partial charge < -0.3 is 0 Å². The predicted molar refractivity (Wildman–Crippen MR) is 79.9 cm³/mol. The van der Waals surface area contributed by atoms with Crippen molar-refractivity contribution in [3.05, 3.63) is 30.3 Å². The molecule has 0 aliphatic heterocycles. The quantitative estimate of drug-likeness (QED) is 0.757. The lowest BCUT2D eigenvalue weighted by Crippen LogP contribution is -2.33. The van der Waals surface area contributed by atoms with Crippen molar-refractivity contribution in [2.45, 2.75) is 46.1 Å². The van der Waals surface area contributed by atoms with E-state index < -0.39 is 8.03 Å². The van der Waals surface area contributed by atoms with Gasteiger partial charge in [-0.25, -0.2) is 0 Å². The van der Waals surface area contributed by atoms with Crippen molar-refractivity contribution in [1.82, 2.24) is 0 Å². The second kappa shape index (κ2) is 6.63. The smallest absolute Gasteiger partial charge is 0.138 e. The molecule has 1 aromatic carbocycles. The van der Waals surface area contributed by atoms with Crippen LogP contribution in [0.2, 0.25) is 0 Å². The largest absolute Gasteiger partial charge is 0.548 e. The minimum absolute atomic E-state index is 0.146. The molecule has 1 aromatic rings. The SMILES string of the molecule is CC(C)[C@@H]1CC[C@@H](C)C[C@@H]1O[P+](=O)c1ccccc1. The Morgan fingerprint density at radius 2 is 1.89 bits per heavy atom. The Bertz CT molecular complexity index is 416. The summed E-state index contributed by atoms with van der Waals surface area (Å²) in [7, 11) is -1.72. The molecule has 1 unspecified atom stereocenters. The first kappa shape index (κ1) is 14.7. The van der Waals surface area contributed by atoms with Gasteiger partial charge in [0.15, 0.2) is 0 Å². The third-order valence-corrected chi connectivity index (χ3v) is 5.34. The average molecular weight is 279 g/mol. The van der Waals surface area contributed by atoms with Crippen LogP contribution in [0.4, 0.5) is 0 Å². The van der Waals surface area contributed by atoms with Crippen molar-refractivity contribution in [3.8, 4) is 0 Å². The van der Waals surface area contributed by atoms with E-state index in [1.165, 1.54) is 12.8 Å². The van der Waals surface area contributed by atoms with E-state index in [0.29, 0.717) is 17.8 Å². The molecular weight excluding hydrogens is 255 g/mol. The van der Waals surface area contributed by atoms with Gasteiger partial charge in [0, 0.05) is 0 Å². The molecular formula is C16H24O2P+. The number of rotatable bonds is 4. The lowest BCUT2D eigenvalue weighted by molar-refractivity contribution is 0.0538. The summed E-state index contributed by atoms with van der Waals surface area (Å²) >= 11 is 0. The molecule has 0 amide bonds. The van der Waals surface area contributed by atoms with Crippen LogP contribution in [0.5, 0.6) is 0 Å². The Labute approximate surface area is 117 Å². The fraction of sp³-hybridized carbons (Fsp3) is 0.625. The summed E-state index contributed by atoms with van der Waals surface area (Å²) in [6.45, 7) is 6.75. The summed E-state index contributed by atoms with van der Waals surface area (Å²) in [6, 6.07) is 9.53. The van der Waals surface area contributed by atoms with Gasteiger partial charge in [0.2, 0.25) is 5.30 Å². The molecule has 0 spiro atoms. The van der Waals surface area contributed by atoms with Crippen molar-refractivity contribution in [2.75, 3.05) is 0 Å². The first-order valence-corrected chi connectivity index (χ1v) is 8.44. The molecule has 2 rings (SSSR count). The van der Waals surface area contributed by atoms with E-state index in [2.05, 4.69) is 20.8 Å². The van der Waals surface area contributed by atoms with Gasteiger partial charge in [-0.05, 0) is 47.3 Å². The lowest BCUT2D eigenvalue weighted by Gasteiger charge is -2.33. The molecule has 104 valence electrons. The lowest BCUT2D eigenvalue weighted by atomic mass is 9.75. The number of benzene rings is 1. The molecule has 0 N–H and O–H groups in total. The van der Waals surface area contributed by atoms with Crippen LogP contribution in [0.25, 0.3) is 0 Å². The molecule has 1 fully saturated rings. The molecule has 4 atom stereocenters. The zero-order valence-electron chi connectivity index (χ0n) is 12.1. The van der Waals surface area contributed by atoms with E-state index in [0.717, 1.165) is 11.7 Å². The molecule has 0 radical (unpaired) electrons. The van der Waals surface area contributed by atoms with Gasteiger partial charge in [-0.3, -0.25) is 0 Å². The van der Waals surface area contributed by atoms with Gasteiger partial charge in [0.05, 0.1) is 0 Å². The standard InChI is InChI=1S/C16H24O2P/c1-12(2)15-10-9-13(3)11-16(15)18-19(17)14-7-5-4-6-8-14/h4-8,12-13,15-16H,9-11H2,1-3H3/q+1/t13-,15+,16+/m1/s1. The third-order valence-electron chi connectivity index (χ3n) is 4.16. The molecule has 2 nitrogen and oxygen atoms in total. The summed E-state index contributed by atoms with van der Waals surface area (Å²) in [5.74, 6) is 1.81. The Balaban J connectivity index is 2.04. The van der Waals surface area contributed by atoms with Gasteiger partial charge in [0.25, 0.3) is 0 Å². The summed E-state index contributed by atoms with van der Waals surface area (Å²) in [5, 5.41) is 0.804. The summed E-state index contributed by atoms with van der Waals surface area (Å²) in [4.78, 5) is 0. The Hall–Kier alpha value is -0.720. The fourth-order valence-corrected chi connectivity index (χ4v) is 4.00. The zero-order chi connectivity index (χ0) is 13.8. The third kappa shape index (κ3) is 3.87. The Kier molecular flexibility index (Phi) is 5.13. The summed E-state index contributed by atoms with van der Waals surface area (Å²) in [6.07, 6.45) is 3.65. The van der Waals surface area contributed by atoms with E-state index >= 15 is 0 Å². The topological polar surface area (TPSA) is 26.3 Å². The highest BCUT2D eigenvalue weighted by molar-refractivity contribution is 7.48. The van der Waals surface area contributed by atoms with E-state index in [-0.39, 0.29) is 6.10 Å². The Morgan fingerprint density at radius 1 is 1.21 bits per heavy atom. The van der Waals surface area contributed by atoms with Crippen LogP contribution in [0.15, 0.2) is 30.3 Å². The fourth-order valence-electron chi connectivity index (χ4n) is 2.97. The molecule has 1 saturated carbocycles. The van der Waals surface area contributed by atoms with Gasteiger partial charge in [-0.1, -0.05) is 45.4 Å². The van der Waals surface area contributed by atoms with Crippen molar-refractivity contribution in [1.29, 1.82) is 0 Å². The van der Waals surface area contributed by atoms with Crippen LogP contribution in [-0.4, -0.2) is 6.10 Å². The van der Waals surface area contributed by atoms with Gasteiger partial charge in [0.1, 0.15) is 6.10 Å². The maximum atomic E-state index is 12.3. The van der Waals surface area contributed by atoms with Crippen molar-refractivity contribution < 1.29 is 9.09 Å². The second-order valence-corrected chi connectivity index (χ2v) is 7.30. The van der Waals surface area contributed by atoms with E-state index in [1.54, 1.807) is 0 Å². The predicted octanol–water partition coefficient (Wildman–Crippen LogP) is 4.53. The van der Waals surface area contributed by atoms with Crippen LogP contribution >= 0.6 is 8.03 Å². The van der Waals surface area contributed by atoms with Crippen LogP contribution in [0, 0.1) is 17.8 Å². The molecule has 1 aliphatic carbocycles. The summed E-state index contributed by atoms with van der Waals surface area (Å²) in [5.41, 5.74) is 0. The monoisotopic (exact) mass is 279 g/mol. The van der Waals surface area contributed by atoms with E-state index in [1.807, 2.05) is 30.3 Å². The van der Waals surface area contributed by atoms with Crippen LogP contribution in [0.3, 0.4) is 0 Å². The first-order chi connectivity index (χ1) is 9.08. The zero-order valence-corrected chi connectivity index (χ0v) is 13.0. The van der Waals surface area contributed by atoms with Crippen molar-refractivity contribution >= 4 is 13.3 Å². The van der Waals surface area contributed by atoms with Gasteiger partial charge in [-0.15, -0.1) is 4.52 Å². The highest BCUT2D eigenvalue weighted by Gasteiger charge is 2.38. The van der Waals surface area contributed by atoms with Crippen molar-refractivity contribution in [2.24, 2.45) is 17.8 Å². The molecule has 3 heteroatoms. The number of hydrogen-bond acceptors (Lipinski definition) is 2. The number of hydrogen-bond donors (Lipinski definition) is 0. The molecule has 1 aliphatic rings. The van der Waals surface area contributed by atoms with Crippen LogP contribution in [-0.2, 0) is 9.09 Å². The van der Waals surface area contributed by atoms with Crippen LogP contribution < -0.4 is 5.30 Å². The molecule has 0 heterocycles. The average Bonchev–Trinajstić information content (AvgIpc) is 2.39. The highest BCUT2D eigenvalue weighted by atomic mass is 31.1. The normalized spacial score (nSPS) is 28.4. The maximum absolute atomic E-state index is 12.3. The first-order valence-electron chi connectivity index (χ1n) is 7.27. The van der Waals surface area contributed by atoms with Crippen LogP contribution in [0.1, 0.15) is 40.0 Å². The van der Waals surface area contributed by atoms with E-state index in [9.17, 15) is 4.57 Å². The highest BCUT2D eigenvalue weighted by Crippen LogP contribution is 2.39. The van der Waals surface area contributed by atoms with Crippen molar-refractivity contribution in [3.63, 3.8) is 0 Å². The minimum Gasteiger partial charge on any atom is -0.138 e. The maximum Gasteiger partial charge on any atom is 0.548 e. The van der Waals surface area contributed by atoms with E-state index in [4.69, 9.17) is 4.52 Å². The molecule has 19 heavy (non-hydrogen) atoms. The molecule has 0 aromatic heterocycles. The molecule has 0 bridgehead atoms. The Morgan fingerprint density at radius 3 is 2.53 bits per heavy atom.